The zero-order valence-corrected chi connectivity index (χ0v) is 8.74. The highest BCUT2D eigenvalue weighted by atomic mass is 16.3. The van der Waals surface area contributed by atoms with Crippen LogP contribution in [0.15, 0.2) is 17.1 Å². The molecule has 0 saturated heterocycles. The van der Waals surface area contributed by atoms with Crippen molar-refractivity contribution in [2.75, 3.05) is 0 Å². The number of aromatic nitrogens is 1. The molecule has 1 heterocycles. The fourth-order valence-electron chi connectivity index (χ4n) is 2.02. The highest BCUT2D eigenvalue weighted by Gasteiger charge is 2.45. The molecule has 0 amide bonds. The number of pyridine rings is 1. The molecule has 0 aliphatic heterocycles. The van der Waals surface area contributed by atoms with E-state index in [9.17, 15) is 19.5 Å². The SMILES string of the molecule is CCC1(O)C(=O)C(=O)Cc2c1cc[nH]c2=O. The number of hydrogen-bond donors (Lipinski definition) is 2. The van der Waals surface area contributed by atoms with Crippen molar-refractivity contribution in [2.45, 2.75) is 25.4 Å². The molecule has 0 radical (unpaired) electrons. The van der Waals surface area contributed by atoms with Crippen LogP contribution < -0.4 is 5.56 Å². The lowest BCUT2D eigenvalue weighted by Crippen LogP contribution is -2.47. The van der Waals surface area contributed by atoms with E-state index in [4.69, 9.17) is 0 Å². The number of ketones is 2. The summed E-state index contributed by atoms with van der Waals surface area (Å²) in [5.41, 5.74) is -1.82. The number of aromatic amines is 1. The monoisotopic (exact) mass is 221 g/mol. The van der Waals surface area contributed by atoms with Crippen LogP contribution in [0.3, 0.4) is 0 Å². The molecule has 2 N–H and O–H groups in total. The van der Waals surface area contributed by atoms with Crippen LogP contribution in [0.25, 0.3) is 0 Å². The maximum Gasteiger partial charge on any atom is 0.251 e. The van der Waals surface area contributed by atoms with E-state index in [1.54, 1.807) is 6.92 Å². The first-order chi connectivity index (χ1) is 7.50. The number of H-pyrrole nitrogens is 1. The first-order valence-electron chi connectivity index (χ1n) is 5.01. The van der Waals surface area contributed by atoms with Crippen molar-refractivity contribution in [1.82, 2.24) is 4.98 Å². The smallest absolute Gasteiger partial charge is 0.251 e. The van der Waals surface area contributed by atoms with E-state index in [1.165, 1.54) is 12.3 Å². The van der Waals surface area contributed by atoms with Crippen molar-refractivity contribution >= 4 is 11.6 Å². The number of hydrogen-bond acceptors (Lipinski definition) is 4. The van der Waals surface area contributed by atoms with E-state index >= 15 is 0 Å². The minimum Gasteiger partial charge on any atom is -0.377 e. The molecular formula is C11H11NO4. The van der Waals surface area contributed by atoms with E-state index in [2.05, 4.69) is 4.98 Å². The van der Waals surface area contributed by atoms with Crippen LogP contribution in [-0.2, 0) is 21.6 Å². The van der Waals surface area contributed by atoms with Crippen LogP contribution in [0.4, 0.5) is 0 Å². The molecule has 5 nitrogen and oxygen atoms in total. The summed E-state index contributed by atoms with van der Waals surface area (Å²) in [6, 6.07) is 1.48. The van der Waals surface area contributed by atoms with Crippen molar-refractivity contribution in [2.24, 2.45) is 0 Å². The number of Topliss-reactive ketones (excluding diaryl/α,β-unsaturated/α-hetero) is 2. The molecule has 0 bridgehead atoms. The summed E-state index contributed by atoms with van der Waals surface area (Å²) in [4.78, 5) is 37.0. The lowest BCUT2D eigenvalue weighted by atomic mass is 9.77. The predicted octanol–water partition coefficient (Wildman–Crippen LogP) is -0.333. The zero-order chi connectivity index (χ0) is 11.9. The molecule has 5 heteroatoms. The lowest BCUT2D eigenvalue weighted by Gasteiger charge is -2.30. The van der Waals surface area contributed by atoms with Crippen LogP contribution >= 0.6 is 0 Å². The molecule has 2 rings (SSSR count). The third-order valence-electron chi connectivity index (χ3n) is 2.99. The van der Waals surface area contributed by atoms with Gasteiger partial charge in [0.1, 0.15) is 0 Å². The van der Waals surface area contributed by atoms with Gasteiger partial charge in [-0.2, -0.15) is 0 Å². The fraction of sp³-hybridized carbons (Fsp3) is 0.364. The third-order valence-corrected chi connectivity index (χ3v) is 2.99. The molecular weight excluding hydrogens is 210 g/mol. The topological polar surface area (TPSA) is 87.2 Å². The van der Waals surface area contributed by atoms with Gasteiger partial charge in [0, 0.05) is 23.7 Å². The summed E-state index contributed by atoms with van der Waals surface area (Å²) in [5, 5.41) is 10.2. The van der Waals surface area contributed by atoms with Gasteiger partial charge in [0.15, 0.2) is 5.60 Å². The fourth-order valence-corrected chi connectivity index (χ4v) is 2.02. The van der Waals surface area contributed by atoms with E-state index < -0.39 is 22.7 Å². The Balaban J connectivity index is 2.76. The van der Waals surface area contributed by atoms with Crippen LogP contribution in [0.5, 0.6) is 0 Å². The van der Waals surface area contributed by atoms with Gasteiger partial charge in [0.05, 0.1) is 0 Å². The second-order valence-electron chi connectivity index (χ2n) is 3.84. The normalized spacial score (nSPS) is 24.4. The average molecular weight is 221 g/mol. The highest BCUT2D eigenvalue weighted by molar-refractivity contribution is 6.41. The highest BCUT2D eigenvalue weighted by Crippen LogP contribution is 2.31. The van der Waals surface area contributed by atoms with Crippen molar-refractivity contribution in [3.8, 4) is 0 Å². The molecule has 0 fully saturated rings. The van der Waals surface area contributed by atoms with E-state index in [-0.39, 0.29) is 24.0 Å². The van der Waals surface area contributed by atoms with E-state index in [0.29, 0.717) is 0 Å². The second-order valence-corrected chi connectivity index (χ2v) is 3.84. The summed E-state index contributed by atoms with van der Waals surface area (Å²) < 4.78 is 0. The maximum absolute atomic E-state index is 11.6. The van der Waals surface area contributed by atoms with Gasteiger partial charge in [0.2, 0.25) is 11.6 Å². The van der Waals surface area contributed by atoms with Crippen molar-refractivity contribution in [3.05, 3.63) is 33.7 Å². The Hall–Kier alpha value is -1.75. The summed E-state index contributed by atoms with van der Waals surface area (Å²) in [6.45, 7) is 1.60. The number of aliphatic hydroxyl groups is 1. The standard InChI is InChI=1S/C11H11NO4/c1-2-11(16)7-3-4-12-10(15)6(7)5-8(13)9(11)14/h3-4,16H,2,5H2,1H3,(H,12,15). The third kappa shape index (κ3) is 1.25. The Morgan fingerprint density at radius 3 is 2.75 bits per heavy atom. The molecule has 1 aliphatic rings. The number of carbonyl (C=O) groups is 2. The first-order valence-corrected chi connectivity index (χ1v) is 5.01. The summed E-state index contributed by atoms with van der Waals surface area (Å²) in [7, 11) is 0. The molecule has 1 aliphatic carbocycles. The molecule has 1 aromatic rings. The molecule has 1 aromatic heterocycles. The Morgan fingerprint density at radius 1 is 1.44 bits per heavy atom. The van der Waals surface area contributed by atoms with E-state index in [0.717, 1.165) is 0 Å². The van der Waals surface area contributed by atoms with Crippen molar-refractivity contribution in [3.63, 3.8) is 0 Å². The van der Waals surface area contributed by atoms with Gasteiger partial charge in [-0.3, -0.25) is 14.4 Å². The minimum absolute atomic E-state index is 0.0774. The largest absolute Gasteiger partial charge is 0.377 e. The van der Waals surface area contributed by atoms with Gasteiger partial charge in [-0.25, -0.2) is 0 Å². The van der Waals surface area contributed by atoms with Gasteiger partial charge >= 0.3 is 0 Å². The van der Waals surface area contributed by atoms with Crippen LogP contribution in [-0.4, -0.2) is 21.7 Å². The summed E-state index contributed by atoms with van der Waals surface area (Å²) in [5.74, 6) is -1.54. The second kappa shape index (κ2) is 3.38. The number of fused-ring (bicyclic) bond motifs is 1. The number of rotatable bonds is 1. The molecule has 16 heavy (non-hydrogen) atoms. The zero-order valence-electron chi connectivity index (χ0n) is 8.74. The number of nitrogens with one attached hydrogen (secondary N) is 1. The Morgan fingerprint density at radius 2 is 2.12 bits per heavy atom. The van der Waals surface area contributed by atoms with Gasteiger partial charge in [-0.1, -0.05) is 6.92 Å². The van der Waals surface area contributed by atoms with Gasteiger partial charge in [-0.05, 0) is 12.5 Å². The number of carbonyl (C=O) groups excluding carboxylic acids is 2. The molecule has 0 spiro atoms. The van der Waals surface area contributed by atoms with Gasteiger partial charge < -0.3 is 10.1 Å². The molecule has 1 unspecified atom stereocenters. The molecule has 1 atom stereocenters. The van der Waals surface area contributed by atoms with Gasteiger partial charge in [0.25, 0.3) is 5.56 Å². The van der Waals surface area contributed by atoms with Crippen molar-refractivity contribution < 1.29 is 14.7 Å². The molecule has 0 saturated carbocycles. The Labute approximate surface area is 91.1 Å². The van der Waals surface area contributed by atoms with Crippen LogP contribution in [0, 0.1) is 0 Å². The van der Waals surface area contributed by atoms with Crippen LogP contribution in [0.2, 0.25) is 0 Å². The van der Waals surface area contributed by atoms with Crippen LogP contribution in [0.1, 0.15) is 24.5 Å². The lowest BCUT2D eigenvalue weighted by molar-refractivity contribution is -0.150. The molecule has 0 aromatic carbocycles. The van der Waals surface area contributed by atoms with Gasteiger partial charge in [-0.15, -0.1) is 0 Å². The van der Waals surface area contributed by atoms with Crippen molar-refractivity contribution in [1.29, 1.82) is 0 Å². The van der Waals surface area contributed by atoms with E-state index in [1.807, 2.05) is 0 Å². The maximum atomic E-state index is 11.6. The average Bonchev–Trinajstić information content (AvgIpc) is 2.28. The Bertz CT molecular complexity index is 531. The Kier molecular flexibility index (Phi) is 2.27. The summed E-state index contributed by atoms with van der Waals surface area (Å²) >= 11 is 0. The summed E-state index contributed by atoms with van der Waals surface area (Å²) in [6.07, 6.45) is 1.21. The first kappa shape index (κ1) is 10.8. The quantitative estimate of drug-likeness (QED) is 0.635. The molecule has 84 valence electrons. The predicted molar refractivity (Wildman–Crippen MR) is 55.0 cm³/mol. The minimum atomic E-state index is -1.83.